The number of anilines is 1. The topological polar surface area (TPSA) is 55.4 Å². The van der Waals surface area contributed by atoms with Crippen LogP contribution in [0.3, 0.4) is 0 Å². The molecule has 1 aromatic rings. The number of methoxy groups -OCH3 is 1. The first-order valence-electron chi connectivity index (χ1n) is 4.20. The summed E-state index contributed by atoms with van der Waals surface area (Å²) in [4.78, 5) is 22.0. The van der Waals surface area contributed by atoms with Crippen LogP contribution in [0.15, 0.2) is 18.2 Å². The van der Waals surface area contributed by atoms with Gasteiger partial charge in [0.1, 0.15) is 18.0 Å². The Balaban J connectivity index is 2.49. The molecule has 0 aromatic heterocycles. The first kappa shape index (κ1) is 8.74. The summed E-state index contributed by atoms with van der Waals surface area (Å²) >= 11 is 0. The van der Waals surface area contributed by atoms with Crippen molar-refractivity contribution in [3.63, 3.8) is 0 Å². The van der Waals surface area contributed by atoms with Crippen LogP contribution in [0, 0.1) is 0 Å². The minimum atomic E-state index is -0.694. The lowest BCUT2D eigenvalue weighted by atomic mass is 10.0. The molecule has 1 aromatic carbocycles. The van der Waals surface area contributed by atoms with E-state index in [2.05, 4.69) is 5.32 Å². The smallest absolute Gasteiger partial charge is 0.239 e. The maximum atomic E-state index is 11.3. The van der Waals surface area contributed by atoms with Crippen molar-refractivity contribution in [2.75, 3.05) is 12.4 Å². The van der Waals surface area contributed by atoms with Gasteiger partial charge in [0, 0.05) is 5.69 Å². The van der Waals surface area contributed by atoms with E-state index in [0.29, 0.717) is 23.3 Å². The molecule has 1 aliphatic rings. The van der Waals surface area contributed by atoms with Crippen LogP contribution < -0.4 is 10.1 Å². The highest BCUT2D eigenvalue weighted by molar-refractivity contribution is 6.11. The van der Waals surface area contributed by atoms with Gasteiger partial charge in [-0.2, -0.15) is 0 Å². The van der Waals surface area contributed by atoms with Crippen LogP contribution in [0.5, 0.6) is 5.75 Å². The predicted octanol–water partition coefficient (Wildman–Crippen LogP) is 0.930. The minimum absolute atomic E-state index is 0.275. The molecule has 4 heteroatoms. The SMILES string of the molecule is COc1ccc2c(c1)[C@@H](C=O)C(=O)N2. The van der Waals surface area contributed by atoms with Crippen molar-refractivity contribution < 1.29 is 14.3 Å². The van der Waals surface area contributed by atoms with Gasteiger partial charge in [0.25, 0.3) is 0 Å². The Morgan fingerprint density at radius 1 is 1.50 bits per heavy atom. The average Bonchev–Trinajstić information content (AvgIpc) is 2.52. The van der Waals surface area contributed by atoms with Gasteiger partial charge in [-0.1, -0.05) is 0 Å². The average molecular weight is 191 g/mol. The number of carbonyl (C=O) groups is 2. The monoisotopic (exact) mass is 191 g/mol. The van der Waals surface area contributed by atoms with Crippen LogP contribution in [-0.2, 0) is 9.59 Å². The lowest BCUT2D eigenvalue weighted by Gasteiger charge is -2.03. The third kappa shape index (κ3) is 1.16. The van der Waals surface area contributed by atoms with E-state index in [0.717, 1.165) is 0 Å². The predicted molar refractivity (Wildman–Crippen MR) is 50.4 cm³/mol. The minimum Gasteiger partial charge on any atom is -0.497 e. The number of nitrogens with one attached hydrogen (secondary N) is 1. The number of fused-ring (bicyclic) bond motifs is 1. The zero-order valence-corrected chi connectivity index (χ0v) is 7.61. The molecule has 1 N–H and O–H groups in total. The summed E-state index contributed by atoms with van der Waals surface area (Å²) in [5, 5.41) is 2.62. The van der Waals surface area contributed by atoms with Gasteiger partial charge < -0.3 is 14.8 Å². The highest BCUT2D eigenvalue weighted by Crippen LogP contribution is 2.33. The third-order valence-electron chi connectivity index (χ3n) is 2.27. The van der Waals surface area contributed by atoms with Crippen molar-refractivity contribution in [1.29, 1.82) is 0 Å². The molecular formula is C10H9NO3. The number of hydrogen-bond acceptors (Lipinski definition) is 3. The van der Waals surface area contributed by atoms with E-state index in [1.165, 1.54) is 0 Å². The molecule has 0 aliphatic carbocycles. The van der Waals surface area contributed by atoms with Crippen LogP contribution in [0.1, 0.15) is 11.5 Å². The van der Waals surface area contributed by atoms with E-state index in [-0.39, 0.29) is 5.91 Å². The van der Waals surface area contributed by atoms with Gasteiger partial charge in [-0.05, 0) is 23.8 Å². The number of benzene rings is 1. The second-order valence-corrected chi connectivity index (χ2v) is 3.06. The zero-order chi connectivity index (χ0) is 10.1. The fourth-order valence-corrected chi connectivity index (χ4v) is 1.53. The summed E-state index contributed by atoms with van der Waals surface area (Å²) in [6.07, 6.45) is 0.639. The summed E-state index contributed by atoms with van der Waals surface area (Å²) in [7, 11) is 1.54. The third-order valence-corrected chi connectivity index (χ3v) is 2.27. The lowest BCUT2D eigenvalue weighted by molar-refractivity contribution is -0.121. The molecule has 4 nitrogen and oxygen atoms in total. The van der Waals surface area contributed by atoms with E-state index in [4.69, 9.17) is 4.74 Å². The molecule has 0 fully saturated rings. The molecular weight excluding hydrogens is 182 g/mol. The second kappa shape index (κ2) is 3.14. The summed E-state index contributed by atoms with van der Waals surface area (Å²) < 4.78 is 5.01. The molecule has 2 rings (SSSR count). The largest absolute Gasteiger partial charge is 0.497 e. The maximum absolute atomic E-state index is 11.3. The molecule has 72 valence electrons. The van der Waals surface area contributed by atoms with E-state index < -0.39 is 5.92 Å². The molecule has 1 aliphatic heterocycles. The van der Waals surface area contributed by atoms with Crippen LogP contribution in [0.2, 0.25) is 0 Å². The van der Waals surface area contributed by atoms with Gasteiger partial charge in [-0.3, -0.25) is 4.79 Å². The van der Waals surface area contributed by atoms with Crippen molar-refractivity contribution >= 4 is 17.9 Å². The molecule has 0 radical (unpaired) electrons. The highest BCUT2D eigenvalue weighted by Gasteiger charge is 2.30. The van der Waals surface area contributed by atoms with Gasteiger partial charge in [-0.15, -0.1) is 0 Å². The van der Waals surface area contributed by atoms with E-state index in [9.17, 15) is 9.59 Å². The van der Waals surface area contributed by atoms with Crippen LogP contribution in [0.25, 0.3) is 0 Å². The Kier molecular flexibility index (Phi) is 1.96. The Morgan fingerprint density at radius 2 is 2.29 bits per heavy atom. The number of amides is 1. The zero-order valence-electron chi connectivity index (χ0n) is 7.61. The highest BCUT2D eigenvalue weighted by atomic mass is 16.5. The number of ether oxygens (including phenoxy) is 1. The van der Waals surface area contributed by atoms with Crippen molar-refractivity contribution in [1.82, 2.24) is 0 Å². The Bertz CT molecular complexity index is 400. The summed E-state index contributed by atoms with van der Waals surface area (Å²) in [5.41, 5.74) is 1.37. The molecule has 1 atom stereocenters. The Labute approximate surface area is 80.9 Å². The van der Waals surface area contributed by atoms with Crippen LogP contribution in [0.4, 0.5) is 5.69 Å². The lowest BCUT2D eigenvalue weighted by Crippen LogP contribution is -2.12. The summed E-state index contributed by atoms with van der Waals surface area (Å²) in [6.45, 7) is 0. The van der Waals surface area contributed by atoms with Gasteiger partial charge in [0.15, 0.2) is 0 Å². The summed E-state index contributed by atoms with van der Waals surface area (Å²) in [5.74, 6) is -0.324. The molecule has 1 heterocycles. The van der Waals surface area contributed by atoms with E-state index in [1.807, 2.05) is 0 Å². The Morgan fingerprint density at radius 3 is 2.93 bits per heavy atom. The van der Waals surface area contributed by atoms with Crippen molar-refractivity contribution in [3.8, 4) is 5.75 Å². The fourth-order valence-electron chi connectivity index (χ4n) is 1.53. The Hall–Kier alpha value is -1.84. The first-order chi connectivity index (χ1) is 6.76. The molecule has 0 saturated carbocycles. The fraction of sp³-hybridized carbons (Fsp3) is 0.200. The van der Waals surface area contributed by atoms with E-state index in [1.54, 1.807) is 25.3 Å². The number of rotatable bonds is 2. The van der Waals surface area contributed by atoms with Crippen molar-refractivity contribution in [2.45, 2.75) is 5.92 Å². The quantitative estimate of drug-likeness (QED) is 0.558. The molecule has 0 bridgehead atoms. The van der Waals surface area contributed by atoms with Gasteiger partial charge in [0.2, 0.25) is 5.91 Å². The van der Waals surface area contributed by atoms with Gasteiger partial charge in [-0.25, -0.2) is 0 Å². The molecule has 0 spiro atoms. The standard InChI is InChI=1S/C10H9NO3/c1-14-6-2-3-9-7(4-6)8(5-12)10(13)11-9/h2-5,8H,1H3,(H,11,13)/t8-/m1/s1. The normalized spacial score (nSPS) is 18.6. The van der Waals surface area contributed by atoms with Crippen molar-refractivity contribution in [2.24, 2.45) is 0 Å². The molecule has 0 unspecified atom stereocenters. The van der Waals surface area contributed by atoms with Gasteiger partial charge in [0.05, 0.1) is 7.11 Å². The molecule has 1 amide bonds. The second-order valence-electron chi connectivity index (χ2n) is 3.06. The van der Waals surface area contributed by atoms with Crippen LogP contribution >= 0.6 is 0 Å². The van der Waals surface area contributed by atoms with Gasteiger partial charge >= 0.3 is 0 Å². The van der Waals surface area contributed by atoms with E-state index >= 15 is 0 Å². The number of hydrogen-bond donors (Lipinski definition) is 1. The first-order valence-corrected chi connectivity index (χ1v) is 4.20. The number of aldehydes is 1. The molecule has 0 saturated heterocycles. The molecule has 14 heavy (non-hydrogen) atoms. The summed E-state index contributed by atoms with van der Waals surface area (Å²) in [6, 6.07) is 5.17. The number of carbonyl (C=O) groups excluding carboxylic acids is 2. The maximum Gasteiger partial charge on any atom is 0.239 e. The van der Waals surface area contributed by atoms with Crippen LogP contribution in [-0.4, -0.2) is 19.3 Å². The van der Waals surface area contributed by atoms with Crippen molar-refractivity contribution in [3.05, 3.63) is 23.8 Å².